The van der Waals surface area contributed by atoms with Gasteiger partial charge in [0.15, 0.2) is 5.79 Å². The second-order valence-corrected chi connectivity index (χ2v) is 13.3. The molecule has 0 N–H and O–H groups in total. The van der Waals surface area contributed by atoms with Gasteiger partial charge in [0.05, 0.1) is 45.2 Å². The zero-order valence-corrected chi connectivity index (χ0v) is 30.0. The van der Waals surface area contributed by atoms with E-state index in [1.54, 1.807) is 6.07 Å². The summed E-state index contributed by atoms with van der Waals surface area (Å²) in [6.45, 7) is 3.02. The molecule has 3 aromatic carbocycles. The third kappa shape index (κ3) is 7.81. The van der Waals surface area contributed by atoms with Crippen molar-refractivity contribution in [3.63, 3.8) is 0 Å². The molecule has 13 heteroatoms. The fraction of sp³-hybridized carbons (Fsp3) is 0.375. The molecule has 0 aliphatic carbocycles. The first-order valence-electron chi connectivity index (χ1n) is 17.7. The average Bonchev–Trinajstić information content (AvgIpc) is 3.67. The molecule has 0 radical (unpaired) electrons. The Bertz CT molecular complexity index is 1870. The highest BCUT2D eigenvalue weighted by Gasteiger charge is 2.58. The van der Waals surface area contributed by atoms with E-state index in [4.69, 9.17) is 28.4 Å². The van der Waals surface area contributed by atoms with E-state index in [0.717, 1.165) is 16.7 Å². The number of piperidine rings is 1. The Labute approximate surface area is 308 Å². The van der Waals surface area contributed by atoms with Gasteiger partial charge in [-0.05, 0) is 23.1 Å². The van der Waals surface area contributed by atoms with Gasteiger partial charge in [-0.25, -0.2) is 14.5 Å². The van der Waals surface area contributed by atoms with Crippen LogP contribution >= 0.6 is 0 Å². The molecule has 4 aromatic rings. The van der Waals surface area contributed by atoms with E-state index < -0.39 is 30.1 Å². The molecule has 53 heavy (non-hydrogen) atoms. The number of ether oxygens (including phenoxy) is 6. The van der Waals surface area contributed by atoms with E-state index >= 15 is 0 Å². The molecule has 7 rings (SSSR count). The molecular formula is C40H43N5O8. The third-order valence-electron chi connectivity index (χ3n) is 10.0. The largest absolute Gasteiger partial charge is 0.481 e. The number of methoxy groups -OCH3 is 2. The minimum Gasteiger partial charge on any atom is -0.481 e. The summed E-state index contributed by atoms with van der Waals surface area (Å²) in [5.41, 5.74) is 3.13. The van der Waals surface area contributed by atoms with Gasteiger partial charge in [-0.1, -0.05) is 97.9 Å². The van der Waals surface area contributed by atoms with Crippen LogP contribution < -0.4 is 9.47 Å². The molecule has 3 fully saturated rings. The molecule has 1 aromatic heterocycles. The van der Waals surface area contributed by atoms with E-state index in [9.17, 15) is 9.59 Å². The first-order chi connectivity index (χ1) is 25.9. The van der Waals surface area contributed by atoms with Crippen molar-refractivity contribution in [2.75, 3.05) is 27.4 Å². The molecule has 3 aliphatic heterocycles. The first-order valence-corrected chi connectivity index (χ1v) is 17.7. The van der Waals surface area contributed by atoms with Gasteiger partial charge in [-0.3, -0.25) is 0 Å². The number of fused-ring (bicyclic) bond motifs is 1. The van der Waals surface area contributed by atoms with Crippen molar-refractivity contribution in [3.05, 3.63) is 119 Å². The Morgan fingerprint density at radius 3 is 2.09 bits per heavy atom. The van der Waals surface area contributed by atoms with Crippen LogP contribution in [0, 0.1) is 5.92 Å². The van der Waals surface area contributed by atoms with Crippen molar-refractivity contribution in [2.45, 2.75) is 63.3 Å². The van der Waals surface area contributed by atoms with E-state index in [1.807, 2.05) is 91.0 Å². The second kappa shape index (κ2) is 16.0. The molecule has 1 spiro atoms. The zero-order chi connectivity index (χ0) is 36.8. The lowest BCUT2D eigenvalue weighted by Crippen LogP contribution is -2.68. The van der Waals surface area contributed by atoms with E-state index in [0.29, 0.717) is 37.6 Å². The SMILES string of the molecule is COc1cc(CC2C[C@H]3CC4(OCCO4)[C@H](C)C(c4ccccc4)N3/C(=N\C(=O)OCc3ccccc3)N2C(=O)OCc2ccccc2)nc(OC)n1. The molecule has 0 saturated carbocycles. The minimum absolute atomic E-state index is 0.00555. The summed E-state index contributed by atoms with van der Waals surface area (Å²) < 4.78 is 35.4. The van der Waals surface area contributed by atoms with Gasteiger partial charge in [0, 0.05) is 30.9 Å². The number of hydrogen-bond acceptors (Lipinski definition) is 10. The van der Waals surface area contributed by atoms with Gasteiger partial charge in [0.25, 0.3) is 0 Å². The zero-order valence-electron chi connectivity index (χ0n) is 30.0. The molecule has 13 nitrogen and oxygen atoms in total. The van der Waals surface area contributed by atoms with Crippen LogP contribution in [0.15, 0.2) is 102 Å². The monoisotopic (exact) mass is 721 g/mol. The number of amides is 2. The lowest BCUT2D eigenvalue weighted by atomic mass is 9.75. The van der Waals surface area contributed by atoms with E-state index in [-0.39, 0.29) is 43.6 Å². The molecule has 4 atom stereocenters. The maximum Gasteiger partial charge on any atom is 0.437 e. The van der Waals surface area contributed by atoms with Gasteiger partial charge >= 0.3 is 18.2 Å². The van der Waals surface area contributed by atoms with Crippen LogP contribution in [-0.4, -0.2) is 83.2 Å². The highest BCUT2D eigenvalue weighted by molar-refractivity contribution is 6.00. The second-order valence-electron chi connectivity index (χ2n) is 13.3. The minimum atomic E-state index is -0.886. The van der Waals surface area contributed by atoms with Gasteiger partial charge in [-0.15, -0.1) is 4.99 Å². The molecule has 276 valence electrons. The molecule has 0 bridgehead atoms. The normalized spacial score (nSPS) is 22.7. The molecule has 2 amide bonds. The van der Waals surface area contributed by atoms with Crippen LogP contribution in [0.25, 0.3) is 0 Å². The highest BCUT2D eigenvalue weighted by atomic mass is 16.7. The molecule has 3 aliphatic rings. The Morgan fingerprint density at radius 1 is 0.849 bits per heavy atom. The Kier molecular flexibility index (Phi) is 10.8. The van der Waals surface area contributed by atoms with Crippen molar-refractivity contribution in [1.82, 2.24) is 19.8 Å². The van der Waals surface area contributed by atoms with Crippen molar-refractivity contribution in [2.24, 2.45) is 10.9 Å². The molecule has 3 saturated heterocycles. The van der Waals surface area contributed by atoms with Crippen molar-refractivity contribution in [1.29, 1.82) is 0 Å². The Hall–Kier alpha value is -5.53. The summed E-state index contributed by atoms with van der Waals surface area (Å²) in [4.78, 5) is 45.3. The number of guanidine groups is 1. The molecular weight excluding hydrogens is 678 g/mol. The number of benzene rings is 3. The summed E-state index contributed by atoms with van der Waals surface area (Å²) in [6.07, 6.45) is -0.374. The summed E-state index contributed by atoms with van der Waals surface area (Å²) in [5.74, 6) is -0.696. The molecule has 2 unspecified atom stereocenters. The van der Waals surface area contributed by atoms with Crippen molar-refractivity contribution >= 4 is 18.1 Å². The van der Waals surface area contributed by atoms with Crippen LogP contribution in [0.1, 0.15) is 48.2 Å². The predicted octanol–water partition coefficient (Wildman–Crippen LogP) is 6.34. The average molecular weight is 722 g/mol. The van der Waals surface area contributed by atoms with E-state index in [2.05, 4.69) is 26.8 Å². The first kappa shape index (κ1) is 35.9. The fourth-order valence-electron chi connectivity index (χ4n) is 7.59. The number of nitrogens with zero attached hydrogens (tertiary/aromatic N) is 5. The standard InChI is InChI=1S/C40H43N5O8/c1-27-35(30-17-11-6-12-18-30)44-33(24-40(27)52-19-20-53-40)23-32(21-31-22-34(48-2)42-36(41-31)49-3)45(39(47)51-26-29-15-9-5-10-16-29)37(44)43-38(46)50-25-28-13-7-4-8-14-28/h4-18,22,27,32-33,35H,19-21,23-26H2,1-3H3/b43-37+/t27-,32?,33+,35?/m1/s1. The summed E-state index contributed by atoms with van der Waals surface area (Å²) in [6, 6.07) is 29.3. The van der Waals surface area contributed by atoms with Crippen LogP contribution in [0.4, 0.5) is 9.59 Å². The number of rotatable bonds is 9. The number of carbonyl (C=O) groups excluding carboxylic acids is 2. The lowest BCUT2D eigenvalue weighted by molar-refractivity contribution is -0.240. The molecule has 4 heterocycles. The third-order valence-corrected chi connectivity index (χ3v) is 10.0. The summed E-state index contributed by atoms with van der Waals surface area (Å²) in [7, 11) is 2.99. The number of carbonyl (C=O) groups is 2. The van der Waals surface area contributed by atoms with Gasteiger partial charge in [0.2, 0.25) is 11.8 Å². The van der Waals surface area contributed by atoms with Gasteiger partial charge < -0.3 is 33.3 Å². The summed E-state index contributed by atoms with van der Waals surface area (Å²) >= 11 is 0. The summed E-state index contributed by atoms with van der Waals surface area (Å²) in [5, 5.41) is 0. The van der Waals surface area contributed by atoms with Crippen molar-refractivity contribution in [3.8, 4) is 11.9 Å². The quantitative estimate of drug-likeness (QED) is 0.192. The number of aliphatic imine (C=N–C) groups is 1. The van der Waals surface area contributed by atoms with Crippen LogP contribution in [0.5, 0.6) is 11.9 Å². The fourth-order valence-corrected chi connectivity index (χ4v) is 7.59. The van der Waals surface area contributed by atoms with Gasteiger partial charge in [-0.2, -0.15) is 9.97 Å². The number of hydrogen-bond donors (Lipinski definition) is 0. The Balaban J connectivity index is 1.34. The highest BCUT2D eigenvalue weighted by Crippen LogP contribution is 2.51. The maximum absolute atomic E-state index is 14.6. The van der Waals surface area contributed by atoms with Crippen LogP contribution in [0.3, 0.4) is 0 Å². The number of aromatic nitrogens is 2. The van der Waals surface area contributed by atoms with E-state index in [1.165, 1.54) is 19.1 Å². The smallest absolute Gasteiger partial charge is 0.437 e. The van der Waals surface area contributed by atoms with Crippen LogP contribution in [-0.2, 0) is 38.6 Å². The lowest BCUT2D eigenvalue weighted by Gasteiger charge is -2.58. The topological polar surface area (TPSA) is 134 Å². The van der Waals surface area contributed by atoms with Gasteiger partial charge in [0.1, 0.15) is 13.2 Å². The predicted molar refractivity (Wildman–Crippen MR) is 193 cm³/mol. The Morgan fingerprint density at radius 2 is 1.47 bits per heavy atom. The maximum atomic E-state index is 14.6. The van der Waals surface area contributed by atoms with Crippen molar-refractivity contribution < 1.29 is 38.0 Å². The van der Waals surface area contributed by atoms with Crippen LogP contribution in [0.2, 0.25) is 0 Å².